The first-order chi connectivity index (χ1) is 9.09. The van der Waals surface area contributed by atoms with Crippen molar-refractivity contribution in [3.05, 3.63) is 57.6 Å². The predicted molar refractivity (Wildman–Crippen MR) is 81.6 cm³/mol. The fourth-order valence-corrected chi connectivity index (χ4v) is 1.91. The molecule has 0 amide bonds. The average Bonchev–Trinajstić information content (AvgIpc) is 2.39. The largest absolute Gasteiger partial charge is 0.187 e. The van der Waals surface area contributed by atoms with E-state index in [0.717, 1.165) is 22.5 Å². The second-order valence-corrected chi connectivity index (χ2v) is 4.91. The minimum atomic E-state index is 0.682. The molecule has 96 valence electrons. The third-order valence-electron chi connectivity index (χ3n) is 2.82. The smallest absolute Gasteiger partial charge is 0.100 e. The Hall–Kier alpha value is -1.60. The molecule has 4 heteroatoms. The van der Waals surface area contributed by atoms with Gasteiger partial charge in [0.25, 0.3) is 0 Å². The van der Waals surface area contributed by atoms with Crippen molar-refractivity contribution in [3.8, 4) is 0 Å². The van der Waals surface area contributed by atoms with Crippen molar-refractivity contribution in [1.29, 1.82) is 0 Å². The summed E-state index contributed by atoms with van der Waals surface area (Å²) < 4.78 is 0. The molecule has 0 aromatic heterocycles. The summed E-state index contributed by atoms with van der Waals surface area (Å²) in [6, 6.07) is 13.8. The Labute approximate surface area is 122 Å². The van der Waals surface area contributed by atoms with Gasteiger partial charge in [-0.1, -0.05) is 35.3 Å². The van der Waals surface area contributed by atoms with Crippen LogP contribution in [0.5, 0.6) is 0 Å². The molecule has 0 bridgehead atoms. The Morgan fingerprint density at radius 3 is 1.63 bits per heavy atom. The Morgan fingerprint density at radius 2 is 1.21 bits per heavy atom. The molecule has 2 rings (SSSR count). The van der Waals surface area contributed by atoms with Crippen molar-refractivity contribution >= 4 is 40.6 Å². The minimum Gasteiger partial charge on any atom is -0.187 e. The van der Waals surface area contributed by atoms with Crippen LogP contribution in [0, 0.1) is 13.8 Å². The predicted octanol–water partition coefficient (Wildman–Crippen LogP) is 5.75. The van der Waals surface area contributed by atoms with E-state index in [2.05, 4.69) is 16.0 Å². The molecule has 0 atom stereocenters. The van der Waals surface area contributed by atoms with E-state index in [0.29, 0.717) is 10.0 Å². The third kappa shape index (κ3) is 3.24. The fraction of sp³-hybridized carbons (Fsp3) is 0.133. The molecule has 0 aliphatic heterocycles. The van der Waals surface area contributed by atoms with Crippen molar-refractivity contribution in [1.82, 2.24) is 0 Å². The van der Waals surface area contributed by atoms with Crippen LogP contribution in [0.2, 0.25) is 10.0 Å². The van der Waals surface area contributed by atoms with Gasteiger partial charge >= 0.3 is 0 Å². The number of halogens is 2. The van der Waals surface area contributed by atoms with E-state index in [1.165, 1.54) is 0 Å². The molecule has 2 aromatic carbocycles. The number of benzene rings is 2. The van der Waals surface area contributed by atoms with E-state index in [1.54, 1.807) is 0 Å². The van der Waals surface area contributed by atoms with Crippen LogP contribution in [-0.4, -0.2) is 6.01 Å². The molecule has 0 radical (unpaired) electrons. The summed E-state index contributed by atoms with van der Waals surface area (Å²) in [5.41, 5.74) is 3.34. The topological polar surface area (TPSA) is 24.7 Å². The van der Waals surface area contributed by atoms with Gasteiger partial charge in [0.15, 0.2) is 0 Å². The normalized spacial score (nSPS) is 9.89. The van der Waals surface area contributed by atoms with Crippen LogP contribution in [-0.2, 0) is 0 Å². The highest BCUT2D eigenvalue weighted by Gasteiger charge is 2.00. The maximum Gasteiger partial charge on any atom is 0.100 e. The molecule has 0 N–H and O–H groups in total. The van der Waals surface area contributed by atoms with Crippen LogP contribution >= 0.6 is 23.2 Å². The third-order valence-corrected chi connectivity index (χ3v) is 3.64. The first-order valence-corrected chi connectivity index (χ1v) is 6.52. The zero-order valence-electron chi connectivity index (χ0n) is 10.6. The number of hydrogen-bond acceptors (Lipinski definition) is 2. The lowest BCUT2D eigenvalue weighted by atomic mass is 10.2. The lowest BCUT2D eigenvalue weighted by Crippen LogP contribution is -1.77. The van der Waals surface area contributed by atoms with Crippen LogP contribution in [0.25, 0.3) is 0 Å². The monoisotopic (exact) mass is 290 g/mol. The fourth-order valence-electron chi connectivity index (χ4n) is 1.57. The average molecular weight is 291 g/mol. The number of aliphatic imine (C=N–C) groups is 2. The van der Waals surface area contributed by atoms with Gasteiger partial charge in [0.2, 0.25) is 0 Å². The maximum absolute atomic E-state index is 6.02. The van der Waals surface area contributed by atoms with E-state index in [-0.39, 0.29) is 0 Å². The zero-order valence-corrected chi connectivity index (χ0v) is 12.1. The Bertz CT molecular complexity index is 616. The molecule has 0 fully saturated rings. The van der Waals surface area contributed by atoms with Gasteiger partial charge in [0, 0.05) is 10.0 Å². The molecule has 0 spiro atoms. The number of rotatable bonds is 2. The Kier molecular flexibility index (Phi) is 4.39. The van der Waals surface area contributed by atoms with Crippen LogP contribution in [0.4, 0.5) is 11.4 Å². The van der Waals surface area contributed by atoms with Gasteiger partial charge in [-0.05, 0) is 49.2 Å². The summed E-state index contributed by atoms with van der Waals surface area (Å²) >= 11 is 12.0. The summed E-state index contributed by atoms with van der Waals surface area (Å²) in [6.45, 7) is 3.82. The van der Waals surface area contributed by atoms with Gasteiger partial charge in [0.05, 0.1) is 11.4 Å². The van der Waals surface area contributed by atoms with E-state index in [9.17, 15) is 0 Å². The zero-order chi connectivity index (χ0) is 13.8. The highest BCUT2D eigenvalue weighted by atomic mass is 35.5. The van der Waals surface area contributed by atoms with Crippen molar-refractivity contribution in [2.24, 2.45) is 9.98 Å². The molecule has 0 unspecified atom stereocenters. The van der Waals surface area contributed by atoms with E-state index in [4.69, 9.17) is 23.2 Å². The van der Waals surface area contributed by atoms with Gasteiger partial charge in [-0.15, -0.1) is 0 Å². The highest BCUT2D eigenvalue weighted by molar-refractivity contribution is 6.32. The molecule has 19 heavy (non-hydrogen) atoms. The summed E-state index contributed by atoms with van der Waals surface area (Å²) in [4.78, 5) is 8.38. The molecular weight excluding hydrogens is 279 g/mol. The summed E-state index contributed by atoms with van der Waals surface area (Å²) in [5, 5.41) is 1.36. The second kappa shape index (κ2) is 6.03. The molecule has 0 saturated carbocycles. The van der Waals surface area contributed by atoms with Gasteiger partial charge in [-0.25, -0.2) is 0 Å². The molecular formula is C15H12Cl2N2. The molecule has 0 heterocycles. The van der Waals surface area contributed by atoms with Crippen LogP contribution < -0.4 is 0 Å². The molecule has 2 aromatic rings. The lowest BCUT2D eigenvalue weighted by molar-refractivity contribution is 1.38. The van der Waals surface area contributed by atoms with Gasteiger partial charge < -0.3 is 0 Å². The van der Waals surface area contributed by atoms with Crippen molar-refractivity contribution in [2.45, 2.75) is 13.8 Å². The summed E-state index contributed by atoms with van der Waals surface area (Å²) in [5.74, 6) is 0. The van der Waals surface area contributed by atoms with E-state index in [1.807, 2.05) is 50.2 Å². The van der Waals surface area contributed by atoms with E-state index >= 15 is 0 Å². The molecule has 0 aliphatic rings. The molecule has 0 aliphatic carbocycles. The van der Waals surface area contributed by atoms with Crippen LogP contribution in [0.15, 0.2) is 46.4 Å². The molecule has 2 nitrogen and oxygen atoms in total. The maximum atomic E-state index is 6.02. The summed E-state index contributed by atoms with van der Waals surface area (Å²) in [6.07, 6.45) is 0. The van der Waals surface area contributed by atoms with Crippen LogP contribution in [0.1, 0.15) is 11.1 Å². The van der Waals surface area contributed by atoms with Gasteiger partial charge in [-0.3, -0.25) is 0 Å². The lowest BCUT2D eigenvalue weighted by Gasteiger charge is -2.00. The van der Waals surface area contributed by atoms with E-state index < -0.39 is 0 Å². The van der Waals surface area contributed by atoms with Crippen LogP contribution in [0.3, 0.4) is 0 Å². The molecule has 0 saturated heterocycles. The SMILES string of the molecule is Cc1c(Cl)cccc1N=C=Nc1cccc(Cl)c1C. The van der Waals surface area contributed by atoms with Crippen molar-refractivity contribution in [3.63, 3.8) is 0 Å². The standard InChI is InChI=1S/C15H12Cl2N2/c1-10-12(16)5-3-7-14(10)18-9-19-15-8-4-6-13(17)11(15)2/h3-8H,1-2H3. The quantitative estimate of drug-likeness (QED) is 0.630. The summed E-state index contributed by atoms with van der Waals surface area (Å²) in [7, 11) is 0. The first kappa shape index (κ1) is 13.8. The van der Waals surface area contributed by atoms with Gasteiger partial charge in [-0.2, -0.15) is 9.98 Å². The van der Waals surface area contributed by atoms with Crippen molar-refractivity contribution in [2.75, 3.05) is 0 Å². The van der Waals surface area contributed by atoms with Crippen molar-refractivity contribution < 1.29 is 0 Å². The highest BCUT2D eigenvalue weighted by Crippen LogP contribution is 2.26. The Morgan fingerprint density at radius 1 is 0.789 bits per heavy atom. The van der Waals surface area contributed by atoms with Gasteiger partial charge in [0.1, 0.15) is 6.01 Å². The number of hydrogen-bond donors (Lipinski definition) is 0. The number of nitrogens with zero attached hydrogens (tertiary/aromatic N) is 2. The Balaban J connectivity index is 2.34. The second-order valence-electron chi connectivity index (χ2n) is 4.09. The first-order valence-electron chi connectivity index (χ1n) is 5.76. The minimum absolute atomic E-state index is 0.682.